The number of carbonyl (C=O) groups excluding carboxylic acids is 1. The van der Waals surface area contributed by atoms with Gasteiger partial charge in [-0.1, -0.05) is 42.5 Å². The van der Waals surface area contributed by atoms with Crippen molar-refractivity contribution < 1.29 is 13.2 Å². The lowest BCUT2D eigenvalue weighted by molar-refractivity contribution is 0.102. The average Bonchev–Trinajstić information content (AvgIpc) is 2.79. The van der Waals surface area contributed by atoms with Gasteiger partial charge in [0.2, 0.25) is 10.0 Å². The Balaban J connectivity index is 1.52. The summed E-state index contributed by atoms with van der Waals surface area (Å²) in [5.74, 6) is -0.118. The van der Waals surface area contributed by atoms with E-state index >= 15 is 0 Å². The maximum atomic E-state index is 12.7. The lowest BCUT2D eigenvalue weighted by Gasteiger charge is -2.30. The van der Waals surface area contributed by atoms with Crippen LogP contribution >= 0.6 is 0 Å². The van der Waals surface area contributed by atoms with E-state index in [2.05, 4.69) is 5.32 Å². The fourth-order valence-electron chi connectivity index (χ4n) is 3.73. The smallest absolute Gasteiger partial charge is 0.255 e. The van der Waals surface area contributed by atoms with Gasteiger partial charge < -0.3 is 5.32 Å². The summed E-state index contributed by atoms with van der Waals surface area (Å²) in [4.78, 5) is 12.7. The largest absolute Gasteiger partial charge is 0.322 e. The number of anilines is 2. The number of hydrogen-bond donors (Lipinski definition) is 1. The number of amides is 1. The zero-order chi connectivity index (χ0) is 21.1. The van der Waals surface area contributed by atoms with Crippen molar-refractivity contribution in [1.82, 2.24) is 0 Å². The SMILES string of the molecule is CCS(=O)(=O)N1CCCc2cc(NC(=O)c3ccc(-c4ccccc4)cc3)ccc21. The van der Waals surface area contributed by atoms with Gasteiger partial charge in [-0.05, 0) is 66.8 Å². The number of aryl methyl sites for hydroxylation is 1. The third-order valence-electron chi connectivity index (χ3n) is 5.37. The number of nitrogens with zero attached hydrogens (tertiary/aromatic N) is 1. The molecule has 30 heavy (non-hydrogen) atoms. The van der Waals surface area contributed by atoms with Gasteiger partial charge in [0.1, 0.15) is 0 Å². The lowest BCUT2D eigenvalue weighted by atomic mass is 10.0. The van der Waals surface area contributed by atoms with Crippen LogP contribution in [0.4, 0.5) is 11.4 Å². The number of benzene rings is 3. The van der Waals surface area contributed by atoms with Crippen LogP contribution in [0, 0.1) is 0 Å². The molecule has 3 aromatic carbocycles. The molecule has 0 saturated heterocycles. The molecule has 0 unspecified atom stereocenters. The Morgan fingerprint density at radius 3 is 2.37 bits per heavy atom. The van der Waals surface area contributed by atoms with Crippen molar-refractivity contribution in [3.8, 4) is 11.1 Å². The van der Waals surface area contributed by atoms with Gasteiger partial charge in [0.25, 0.3) is 5.91 Å². The van der Waals surface area contributed by atoms with Gasteiger partial charge in [-0.15, -0.1) is 0 Å². The molecule has 6 heteroatoms. The normalized spacial score (nSPS) is 13.6. The highest BCUT2D eigenvalue weighted by atomic mass is 32.2. The Kier molecular flexibility index (Phi) is 5.59. The third-order valence-corrected chi connectivity index (χ3v) is 7.15. The number of nitrogens with one attached hydrogen (secondary N) is 1. The molecular formula is C24H24N2O3S. The van der Waals surface area contributed by atoms with Gasteiger partial charge in [0.05, 0.1) is 11.4 Å². The molecule has 0 bridgehead atoms. The van der Waals surface area contributed by atoms with E-state index in [1.165, 1.54) is 4.31 Å². The maximum Gasteiger partial charge on any atom is 0.255 e. The van der Waals surface area contributed by atoms with E-state index in [1.807, 2.05) is 60.7 Å². The second-order valence-electron chi connectivity index (χ2n) is 7.32. The maximum absolute atomic E-state index is 12.7. The standard InChI is InChI=1S/C24H24N2O3S/c1-2-30(28,29)26-16-6-9-21-17-22(14-15-23(21)26)25-24(27)20-12-10-19(11-13-20)18-7-4-3-5-8-18/h3-5,7-8,10-15,17H,2,6,9,16H2,1H3,(H,25,27). The molecule has 0 fully saturated rings. The summed E-state index contributed by atoms with van der Waals surface area (Å²) in [5, 5.41) is 2.93. The van der Waals surface area contributed by atoms with E-state index in [0.717, 1.165) is 29.5 Å². The minimum atomic E-state index is -3.29. The first-order valence-electron chi connectivity index (χ1n) is 10.1. The summed E-state index contributed by atoms with van der Waals surface area (Å²) >= 11 is 0. The molecule has 1 N–H and O–H groups in total. The third kappa shape index (κ3) is 4.09. The molecular weight excluding hydrogens is 396 g/mol. The van der Waals surface area contributed by atoms with Gasteiger partial charge in [0.15, 0.2) is 0 Å². The molecule has 5 nitrogen and oxygen atoms in total. The summed E-state index contributed by atoms with van der Waals surface area (Å²) in [7, 11) is -3.29. The quantitative estimate of drug-likeness (QED) is 0.650. The number of rotatable bonds is 5. The lowest BCUT2D eigenvalue weighted by Crippen LogP contribution is -2.36. The first-order chi connectivity index (χ1) is 14.5. The van der Waals surface area contributed by atoms with Crippen LogP contribution in [0.25, 0.3) is 11.1 Å². The summed E-state index contributed by atoms with van der Waals surface area (Å²) in [6.07, 6.45) is 1.56. The second-order valence-corrected chi connectivity index (χ2v) is 9.50. The van der Waals surface area contributed by atoms with E-state index < -0.39 is 10.0 Å². The van der Waals surface area contributed by atoms with Crippen LogP contribution in [0.2, 0.25) is 0 Å². The van der Waals surface area contributed by atoms with Crippen molar-refractivity contribution in [1.29, 1.82) is 0 Å². The summed E-state index contributed by atoms with van der Waals surface area (Å²) in [5.41, 5.74) is 5.05. The first-order valence-corrected chi connectivity index (χ1v) is 11.7. The highest BCUT2D eigenvalue weighted by Crippen LogP contribution is 2.32. The van der Waals surface area contributed by atoms with Crippen molar-refractivity contribution in [2.75, 3.05) is 21.9 Å². The molecule has 154 valence electrons. The molecule has 0 atom stereocenters. The summed E-state index contributed by atoms with van der Waals surface area (Å²) in [6.45, 7) is 2.16. The summed E-state index contributed by atoms with van der Waals surface area (Å²) < 4.78 is 26.2. The van der Waals surface area contributed by atoms with Gasteiger partial charge in [-0.25, -0.2) is 8.42 Å². The van der Waals surface area contributed by atoms with Crippen molar-refractivity contribution in [3.63, 3.8) is 0 Å². The topological polar surface area (TPSA) is 66.5 Å². The van der Waals surface area contributed by atoms with E-state index in [9.17, 15) is 13.2 Å². The Bertz CT molecular complexity index is 1160. The van der Waals surface area contributed by atoms with Crippen LogP contribution in [0.5, 0.6) is 0 Å². The fraction of sp³-hybridized carbons (Fsp3) is 0.208. The van der Waals surface area contributed by atoms with Gasteiger partial charge in [-0.2, -0.15) is 0 Å². The number of sulfonamides is 1. The molecule has 1 aliphatic heterocycles. The molecule has 0 spiro atoms. The van der Waals surface area contributed by atoms with Gasteiger partial charge >= 0.3 is 0 Å². The predicted molar refractivity (Wildman–Crippen MR) is 121 cm³/mol. The van der Waals surface area contributed by atoms with E-state index in [1.54, 1.807) is 19.1 Å². The molecule has 0 aromatic heterocycles. The van der Waals surface area contributed by atoms with Crippen LogP contribution in [0.1, 0.15) is 29.3 Å². The zero-order valence-corrected chi connectivity index (χ0v) is 17.7. The second kappa shape index (κ2) is 8.32. The Hall–Kier alpha value is -3.12. The van der Waals surface area contributed by atoms with Crippen LogP contribution < -0.4 is 9.62 Å². The summed E-state index contributed by atoms with van der Waals surface area (Å²) in [6, 6.07) is 22.9. The van der Waals surface area contributed by atoms with Crippen LogP contribution in [0.3, 0.4) is 0 Å². The zero-order valence-electron chi connectivity index (χ0n) is 16.8. The molecule has 1 amide bonds. The van der Waals surface area contributed by atoms with E-state index in [0.29, 0.717) is 23.5 Å². The Morgan fingerprint density at radius 2 is 1.67 bits per heavy atom. The van der Waals surface area contributed by atoms with Crippen molar-refractivity contribution in [2.45, 2.75) is 19.8 Å². The molecule has 0 aliphatic carbocycles. The number of carbonyl (C=O) groups is 1. The Morgan fingerprint density at radius 1 is 0.967 bits per heavy atom. The minimum absolute atomic E-state index is 0.0733. The monoisotopic (exact) mass is 420 g/mol. The highest BCUT2D eigenvalue weighted by molar-refractivity contribution is 7.92. The molecule has 0 radical (unpaired) electrons. The van der Waals surface area contributed by atoms with E-state index in [4.69, 9.17) is 0 Å². The van der Waals surface area contributed by atoms with Crippen molar-refractivity contribution in [2.24, 2.45) is 0 Å². The molecule has 1 aliphatic rings. The van der Waals surface area contributed by atoms with Gasteiger partial charge in [-0.3, -0.25) is 9.10 Å². The van der Waals surface area contributed by atoms with Crippen LogP contribution in [0.15, 0.2) is 72.8 Å². The highest BCUT2D eigenvalue weighted by Gasteiger charge is 2.26. The first kappa shape index (κ1) is 20.2. The van der Waals surface area contributed by atoms with Gasteiger partial charge in [0, 0.05) is 17.8 Å². The predicted octanol–water partition coefficient (Wildman–Crippen LogP) is 4.71. The van der Waals surface area contributed by atoms with Crippen LogP contribution in [-0.4, -0.2) is 26.6 Å². The molecule has 4 rings (SSSR count). The van der Waals surface area contributed by atoms with Crippen molar-refractivity contribution >= 4 is 27.3 Å². The Labute approximate surface area is 177 Å². The number of fused-ring (bicyclic) bond motifs is 1. The van der Waals surface area contributed by atoms with Crippen molar-refractivity contribution in [3.05, 3.63) is 83.9 Å². The van der Waals surface area contributed by atoms with Crippen LogP contribution in [-0.2, 0) is 16.4 Å². The molecule has 1 heterocycles. The minimum Gasteiger partial charge on any atom is -0.322 e. The fourth-order valence-corrected chi connectivity index (χ4v) is 4.93. The van der Waals surface area contributed by atoms with E-state index in [-0.39, 0.29) is 11.7 Å². The molecule has 0 saturated carbocycles. The number of hydrogen-bond acceptors (Lipinski definition) is 3. The average molecular weight is 421 g/mol. The molecule has 3 aromatic rings.